The van der Waals surface area contributed by atoms with Crippen LogP contribution in [0, 0.1) is 11.3 Å². The van der Waals surface area contributed by atoms with Crippen molar-refractivity contribution in [2.45, 2.75) is 24.6 Å². The van der Waals surface area contributed by atoms with Gasteiger partial charge >= 0.3 is 0 Å². The third-order valence-electron chi connectivity index (χ3n) is 1.16. The Hall–Kier alpha value is -0.690. The zero-order chi connectivity index (χ0) is 8.85. The van der Waals surface area contributed by atoms with Gasteiger partial charge in [0.05, 0.1) is 6.07 Å². The second kappa shape index (κ2) is 5.03. The topological polar surface area (TPSA) is 57.9 Å². The Morgan fingerprint density at radius 1 is 1.64 bits per heavy atom. The van der Waals surface area contributed by atoms with Gasteiger partial charge in [0.1, 0.15) is 4.83 Å². The first-order chi connectivity index (χ1) is 5.07. The Kier molecular flexibility index (Phi) is 4.71. The number of halogens is 1. The fourth-order valence-electron chi connectivity index (χ4n) is 0.498. The summed E-state index contributed by atoms with van der Waals surface area (Å²) in [7, 11) is 0. The predicted molar refractivity (Wildman–Crippen MR) is 43.3 cm³/mol. The molecule has 1 unspecified atom stereocenters. The second-order valence-electron chi connectivity index (χ2n) is 2.11. The summed E-state index contributed by atoms with van der Waals surface area (Å²) >= 11 is 3.03. The van der Waals surface area contributed by atoms with Crippen molar-refractivity contribution in [1.29, 1.82) is 5.26 Å². The maximum atomic E-state index is 10.7. The molecule has 0 rings (SSSR count). The van der Waals surface area contributed by atoms with Crippen molar-refractivity contribution in [1.82, 2.24) is 0 Å². The number of rotatable bonds is 4. The van der Waals surface area contributed by atoms with Crippen molar-refractivity contribution in [3.8, 4) is 6.07 Å². The molecular weight excluding hydrogens is 210 g/mol. The number of ketones is 2. The van der Waals surface area contributed by atoms with Gasteiger partial charge in [-0.05, 0) is 6.42 Å². The molecular formula is C7H8BrNO2. The standard InChI is InChI=1S/C7H8BrNO2/c1-5(10)7(11)3-2-6(8)4-9/h6H,2-3H2,1H3. The van der Waals surface area contributed by atoms with Crippen molar-refractivity contribution in [2.75, 3.05) is 0 Å². The molecule has 4 heteroatoms. The summed E-state index contributed by atoms with van der Waals surface area (Å²) in [5.41, 5.74) is 0. The summed E-state index contributed by atoms with van der Waals surface area (Å²) in [6.07, 6.45) is 0.549. The van der Waals surface area contributed by atoms with Gasteiger partial charge in [-0.25, -0.2) is 0 Å². The molecule has 0 amide bonds. The SMILES string of the molecule is CC(=O)C(=O)CCC(Br)C#N. The molecule has 0 radical (unpaired) electrons. The third-order valence-corrected chi connectivity index (χ3v) is 1.82. The van der Waals surface area contributed by atoms with Crippen LogP contribution >= 0.6 is 15.9 Å². The Morgan fingerprint density at radius 2 is 2.18 bits per heavy atom. The van der Waals surface area contributed by atoms with Crippen LogP contribution < -0.4 is 0 Å². The van der Waals surface area contributed by atoms with E-state index < -0.39 is 11.6 Å². The Morgan fingerprint density at radius 3 is 2.55 bits per heavy atom. The first kappa shape index (κ1) is 10.3. The van der Waals surface area contributed by atoms with Gasteiger partial charge in [-0.2, -0.15) is 5.26 Å². The fourth-order valence-corrected chi connectivity index (χ4v) is 0.727. The van der Waals surface area contributed by atoms with Crippen LogP contribution in [0.5, 0.6) is 0 Å². The minimum atomic E-state index is -0.442. The van der Waals surface area contributed by atoms with Crippen LogP contribution in [-0.4, -0.2) is 16.4 Å². The van der Waals surface area contributed by atoms with Gasteiger partial charge in [0.2, 0.25) is 0 Å². The second-order valence-corrected chi connectivity index (χ2v) is 3.22. The summed E-state index contributed by atoms with van der Waals surface area (Å²) in [5, 5.41) is 8.29. The minimum Gasteiger partial charge on any atom is -0.291 e. The quantitative estimate of drug-likeness (QED) is 0.526. The van der Waals surface area contributed by atoms with Crippen LogP contribution in [0.1, 0.15) is 19.8 Å². The average molecular weight is 218 g/mol. The molecule has 0 aromatic heterocycles. The molecule has 11 heavy (non-hydrogen) atoms. The Labute approximate surface area is 73.5 Å². The first-order valence-corrected chi connectivity index (χ1v) is 4.07. The molecule has 0 fully saturated rings. The van der Waals surface area contributed by atoms with Crippen LogP contribution in [0.15, 0.2) is 0 Å². The highest BCUT2D eigenvalue weighted by atomic mass is 79.9. The van der Waals surface area contributed by atoms with Crippen molar-refractivity contribution >= 4 is 27.5 Å². The number of nitriles is 1. The van der Waals surface area contributed by atoms with Gasteiger partial charge < -0.3 is 0 Å². The molecule has 0 bridgehead atoms. The molecule has 0 N–H and O–H groups in total. The molecule has 0 saturated heterocycles. The normalized spacial score (nSPS) is 11.7. The molecule has 3 nitrogen and oxygen atoms in total. The number of carbonyl (C=O) groups is 2. The maximum Gasteiger partial charge on any atom is 0.198 e. The molecule has 60 valence electrons. The monoisotopic (exact) mass is 217 g/mol. The molecule has 0 saturated carbocycles. The van der Waals surface area contributed by atoms with E-state index in [1.54, 1.807) is 0 Å². The van der Waals surface area contributed by atoms with E-state index in [1.807, 2.05) is 6.07 Å². The number of hydrogen-bond acceptors (Lipinski definition) is 3. The number of carbonyl (C=O) groups excluding carboxylic acids is 2. The average Bonchev–Trinajstić information content (AvgIpc) is 1.99. The van der Waals surface area contributed by atoms with Gasteiger partial charge in [0, 0.05) is 13.3 Å². The minimum absolute atomic E-state index is 0.152. The molecule has 0 aromatic rings. The van der Waals surface area contributed by atoms with Crippen LogP contribution in [0.25, 0.3) is 0 Å². The summed E-state index contributed by atoms with van der Waals surface area (Å²) in [6.45, 7) is 1.23. The van der Waals surface area contributed by atoms with E-state index in [1.165, 1.54) is 6.92 Å². The van der Waals surface area contributed by atoms with Crippen molar-refractivity contribution in [3.63, 3.8) is 0 Å². The van der Waals surface area contributed by atoms with Crippen LogP contribution in [0.3, 0.4) is 0 Å². The number of hydrogen-bond donors (Lipinski definition) is 0. The first-order valence-electron chi connectivity index (χ1n) is 3.15. The molecule has 0 aliphatic heterocycles. The molecule has 0 aliphatic rings. The molecule has 0 spiro atoms. The number of nitrogens with zero attached hydrogens (tertiary/aromatic N) is 1. The van der Waals surface area contributed by atoms with Crippen molar-refractivity contribution < 1.29 is 9.59 Å². The lowest BCUT2D eigenvalue weighted by Gasteiger charge is -1.96. The molecule has 0 aromatic carbocycles. The van der Waals surface area contributed by atoms with Crippen LogP contribution in [0.2, 0.25) is 0 Å². The van der Waals surface area contributed by atoms with Crippen LogP contribution in [-0.2, 0) is 9.59 Å². The van der Waals surface area contributed by atoms with Crippen molar-refractivity contribution in [3.05, 3.63) is 0 Å². The highest BCUT2D eigenvalue weighted by Crippen LogP contribution is 2.06. The third kappa shape index (κ3) is 4.68. The van der Waals surface area contributed by atoms with E-state index in [-0.39, 0.29) is 11.2 Å². The number of Topliss-reactive ketones (excluding diaryl/α,β-unsaturated/α-hetero) is 2. The van der Waals surface area contributed by atoms with E-state index in [0.717, 1.165) is 0 Å². The zero-order valence-electron chi connectivity index (χ0n) is 6.13. The number of alkyl halides is 1. The highest BCUT2D eigenvalue weighted by molar-refractivity contribution is 9.09. The van der Waals surface area contributed by atoms with Gasteiger partial charge in [-0.15, -0.1) is 0 Å². The van der Waals surface area contributed by atoms with Gasteiger partial charge in [0.25, 0.3) is 0 Å². The molecule has 0 aliphatic carbocycles. The molecule has 0 heterocycles. The van der Waals surface area contributed by atoms with E-state index >= 15 is 0 Å². The predicted octanol–water partition coefficient (Wildman–Crippen LogP) is 1.21. The Bertz CT molecular complexity index is 207. The van der Waals surface area contributed by atoms with E-state index in [9.17, 15) is 9.59 Å². The maximum absolute atomic E-state index is 10.7. The van der Waals surface area contributed by atoms with Crippen molar-refractivity contribution in [2.24, 2.45) is 0 Å². The lowest BCUT2D eigenvalue weighted by atomic mass is 10.1. The van der Waals surface area contributed by atoms with E-state index in [4.69, 9.17) is 5.26 Å². The van der Waals surface area contributed by atoms with Crippen LogP contribution in [0.4, 0.5) is 0 Å². The Balaban J connectivity index is 3.65. The van der Waals surface area contributed by atoms with E-state index in [0.29, 0.717) is 6.42 Å². The fraction of sp³-hybridized carbons (Fsp3) is 0.571. The van der Waals surface area contributed by atoms with Gasteiger partial charge in [-0.1, -0.05) is 15.9 Å². The summed E-state index contributed by atoms with van der Waals surface area (Å²) in [6, 6.07) is 1.91. The highest BCUT2D eigenvalue weighted by Gasteiger charge is 2.10. The summed E-state index contributed by atoms with van der Waals surface area (Å²) in [5.74, 6) is -0.854. The zero-order valence-corrected chi connectivity index (χ0v) is 7.72. The molecule has 1 atom stereocenters. The van der Waals surface area contributed by atoms with Gasteiger partial charge in [-0.3, -0.25) is 9.59 Å². The van der Waals surface area contributed by atoms with Gasteiger partial charge in [0.15, 0.2) is 11.6 Å². The summed E-state index contributed by atoms with van der Waals surface area (Å²) < 4.78 is 0. The summed E-state index contributed by atoms with van der Waals surface area (Å²) in [4.78, 5) is 20.8. The smallest absolute Gasteiger partial charge is 0.198 e. The largest absolute Gasteiger partial charge is 0.291 e. The van der Waals surface area contributed by atoms with E-state index in [2.05, 4.69) is 15.9 Å². The lowest BCUT2D eigenvalue weighted by molar-refractivity contribution is -0.135. The lowest BCUT2D eigenvalue weighted by Crippen LogP contribution is -2.10.